The second-order valence-corrected chi connectivity index (χ2v) is 4.98. The second kappa shape index (κ2) is 6.45. The highest BCUT2D eigenvalue weighted by Gasteiger charge is 2.02. The molecule has 0 unspecified atom stereocenters. The van der Waals surface area contributed by atoms with Crippen molar-refractivity contribution in [2.75, 3.05) is 25.9 Å². The minimum Gasteiger partial charge on any atom is -0.398 e. The predicted molar refractivity (Wildman–Crippen MR) is 72.1 cm³/mol. The van der Waals surface area contributed by atoms with Crippen LogP contribution in [0.15, 0.2) is 23.1 Å². The Morgan fingerprint density at radius 2 is 2.06 bits per heavy atom. The minimum absolute atomic E-state index is 0.0106. The lowest BCUT2D eigenvalue weighted by Gasteiger charge is -2.18. The van der Waals surface area contributed by atoms with Crippen LogP contribution in [0.2, 0.25) is 0 Å². The summed E-state index contributed by atoms with van der Waals surface area (Å²) in [5, 5.41) is 0. The molecule has 4 nitrogen and oxygen atoms in total. The molecule has 1 heterocycles. The van der Waals surface area contributed by atoms with Gasteiger partial charge in [-0.1, -0.05) is 13.8 Å². The Morgan fingerprint density at radius 3 is 2.71 bits per heavy atom. The van der Waals surface area contributed by atoms with E-state index in [0.717, 1.165) is 13.1 Å². The summed E-state index contributed by atoms with van der Waals surface area (Å²) in [5.41, 5.74) is 6.30. The van der Waals surface area contributed by atoms with Gasteiger partial charge in [-0.05, 0) is 32.0 Å². The topological polar surface area (TPSA) is 51.3 Å². The minimum atomic E-state index is 0.0106. The van der Waals surface area contributed by atoms with E-state index in [9.17, 15) is 4.79 Å². The Balaban J connectivity index is 2.44. The molecule has 2 N–H and O–H groups in total. The molecule has 0 spiro atoms. The van der Waals surface area contributed by atoms with Gasteiger partial charge < -0.3 is 15.2 Å². The third-order valence-corrected chi connectivity index (χ3v) is 2.82. The maximum absolute atomic E-state index is 11.5. The summed E-state index contributed by atoms with van der Waals surface area (Å²) in [6, 6.07) is 3.16. The van der Waals surface area contributed by atoms with Crippen molar-refractivity contribution >= 4 is 5.69 Å². The fourth-order valence-corrected chi connectivity index (χ4v) is 1.59. The average molecular weight is 237 g/mol. The Labute approximate surface area is 103 Å². The molecule has 4 heteroatoms. The van der Waals surface area contributed by atoms with Gasteiger partial charge in [0.15, 0.2) is 0 Å². The zero-order valence-corrected chi connectivity index (χ0v) is 11.0. The van der Waals surface area contributed by atoms with Crippen LogP contribution in [-0.2, 0) is 6.54 Å². The number of rotatable bonds is 6. The quantitative estimate of drug-likeness (QED) is 0.814. The number of nitrogens with two attached hydrogens (primary N) is 1. The number of hydrogen-bond acceptors (Lipinski definition) is 3. The summed E-state index contributed by atoms with van der Waals surface area (Å²) in [7, 11) is 2.08. The van der Waals surface area contributed by atoms with Gasteiger partial charge in [-0.15, -0.1) is 0 Å². The lowest BCUT2D eigenvalue weighted by molar-refractivity contribution is 0.297. The smallest absolute Gasteiger partial charge is 0.250 e. The molecule has 0 amide bonds. The summed E-state index contributed by atoms with van der Waals surface area (Å²) >= 11 is 0. The summed E-state index contributed by atoms with van der Waals surface area (Å²) in [6.07, 6.45) is 2.89. The van der Waals surface area contributed by atoms with Crippen LogP contribution in [0.25, 0.3) is 0 Å². The highest BCUT2D eigenvalue weighted by atomic mass is 16.1. The molecule has 0 saturated carbocycles. The Hall–Kier alpha value is -1.29. The lowest BCUT2D eigenvalue weighted by atomic mass is 10.1. The molecule has 0 bridgehead atoms. The molecule has 0 aliphatic carbocycles. The molecular formula is C13H23N3O. The van der Waals surface area contributed by atoms with E-state index in [1.165, 1.54) is 12.5 Å². The van der Waals surface area contributed by atoms with Crippen molar-refractivity contribution in [3.05, 3.63) is 28.7 Å². The van der Waals surface area contributed by atoms with E-state index in [0.29, 0.717) is 18.2 Å². The van der Waals surface area contributed by atoms with Crippen LogP contribution >= 0.6 is 0 Å². The number of hydrogen-bond donors (Lipinski definition) is 1. The molecule has 1 aromatic heterocycles. The van der Waals surface area contributed by atoms with E-state index in [2.05, 4.69) is 25.8 Å². The fourth-order valence-electron chi connectivity index (χ4n) is 1.59. The number of aromatic nitrogens is 1. The van der Waals surface area contributed by atoms with Gasteiger partial charge in [0.1, 0.15) is 0 Å². The third-order valence-electron chi connectivity index (χ3n) is 2.82. The molecule has 17 heavy (non-hydrogen) atoms. The summed E-state index contributed by atoms with van der Waals surface area (Å²) in [4.78, 5) is 13.8. The van der Waals surface area contributed by atoms with Crippen molar-refractivity contribution in [1.29, 1.82) is 0 Å². The van der Waals surface area contributed by atoms with Crippen LogP contribution in [0, 0.1) is 5.92 Å². The van der Waals surface area contributed by atoms with Crippen LogP contribution < -0.4 is 11.3 Å². The van der Waals surface area contributed by atoms with Crippen molar-refractivity contribution in [2.24, 2.45) is 5.92 Å². The van der Waals surface area contributed by atoms with Crippen molar-refractivity contribution in [3.8, 4) is 0 Å². The van der Waals surface area contributed by atoms with Gasteiger partial charge in [0, 0.05) is 31.0 Å². The lowest BCUT2D eigenvalue weighted by Crippen LogP contribution is -2.29. The first-order chi connectivity index (χ1) is 7.99. The summed E-state index contributed by atoms with van der Waals surface area (Å²) < 4.78 is 1.67. The first-order valence-corrected chi connectivity index (χ1v) is 6.13. The zero-order valence-electron chi connectivity index (χ0n) is 11.0. The summed E-state index contributed by atoms with van der Waals surface area (Å²) in [5.74, 6) is 0.715. The highest BCUT2D eigenvalue weighted by molar-refractivity contribution is 5.33. The van der Waals surface area contributed by atoms with Gasteiger partial charge in [0.05, 0.1) is 0 Å². The fraction of sp³-hybridized carbons (Fsp3) is 0.615. The molecule has 1 rings (SSSR count). The molecular weight excluding hydrogens is 214 g/mol. The second-order valence-electron chi connectivity index (χ2n) is 4.98. The largest absolute Gasteiger partial charge is 0.398 e. The Bertz CT molecular complexity index is 398. The van der Waals surface area contributed by atoms with Crippen molar-refractivity contribution < 1.29 is 0 Å². The monoisotopic (exact) mass is 237 g/mol. The van der Waals surface area contributed by atoms with E-state index in [1.54, 1.807) is 16.8 Å². The van der Waals surface area contributed by atoms with E-state index in [4.69, 9.17) is 5.73 Å². The molecule has 0 atom stereocenters. The molecule has 1 aromatic rings. The first kappa shape index (κ1) is 13.8. The molecule has 0 aliphatic heterocycles. The van der Waals surface area contributed by atoms with E-state index in [-0.39, 0.29) is 5.56 Å². The van der Waals surface area contributed by atoms with Crippen LogP contribution in [0.3, 0.4) is 0 Å². The van der Waals surface area contributed by atoms with Crippen LogP contribution in [0.1, 0.15) is 20.3 Å². The predicted octanol–water partition coefficient (Wildman–Crippen LogP) is 1.41. The highest BCUT2D eigenvalue weighted by Crippen LogP contribution is 2.01. The van der Waals surface area contributed by atoms with E-state index in [1.807, 2.05) is 0 Å². The third kappa shape index (κ3) is 5.04. The van der Waals surface area contributed by atoms with E-state index < -0.39 is 0 Å². The van der Waals surface area contributed by atoms with E-state index >= 15 is 0 Å². The Morgan fingerprint density at radius 1 is 1.35 bits per heavy atom. The van der Waals surface area contributed by atoms with Gasteiger partial charge >= 0.3 is 0 Å². The van der Waals surface area contributed by atoms with Gasteiger partial charge in [-0.3, -0.25) is 4.79 Å². The molecule has 0 radical (unpaired) electrons. The first-order valence-electron chi connectivity index (χ1n) is 6.13. The molecule has 0 aromatic carbocycles. The number of nitrogen functional groups attached to an aromatic ring is 1. The Kier molecular flexibility index (Phi) is 5.22. The molecule has 0 saturated heterocycles. The summed E-state index contributed by atoms with van der Waals surface area (Å²) in [6.45, 7) is 7.07. The average Bonchev–Trinajstić information content (AvgIpc) is 2.27. The van der Waals surface area contributed by atoms with Crippen LogP contribution in [0.4, 0.5) is 5.69 Å². The van der Waals surface area contributed by atoms with Gasteiger partial charge in [-0.2, -0.15) is 0 Å². The van der Waals surface area contributed by atoms with Gasteiger partial charge in [0.2, 0.25) is 0 Å². The maximum Gasteiger partial charge on any atom is 0.250 e. The zero-order chi connectivity index (χ0) is 12.8. The molecule has 0 aliphatic rings. The van der Waals surface area contributed by atoms with Gasteiger partial charge in [0.25, 0.3) is 5.56 Å². The molecule has 96 valence electrons. The maximum atomic E-state index is 11.5. The van der Waals surface area contributed by atoms with Crippen molar-refractivity contribution in [3.63, 3.8) is 0 Å². The molecule has 0 fully saturated rings. The van der Waals surface area contributed by atoms with Crippen LogP contribution in [-0.4, -0.2) is 29.6 Å². The van der Waals surface area contributed by atoms with Gasteiger partial charge in [-0.25, -0.2) is 0 Å². The number of pyridine rings is 1. The number of nitrogens with zero attached hydrogens (tertiary/aromatic N) is 2. The normalized spacial score (nSPS) is 11.4. The number of likely N-dealkylation sites (N-methyl/N-ethyl adjacent to an activating group) is 1. The van der Waals surface area contributed by atoms with Crippen molar-refractivity contribution in [2.45, 2.75) is 26.8 Å². The van der Waals surface area contributed by atoms with Crippen molar-refractivity contribution in [1.82, 2.24) is 9.47 Å². The standard InChI is InChI=1S/C13H23N3O/c1-11(2)6-7-15(3)8-9-16-10-12(14)4-5-13(16)17/h4-5,10-11H,6-9,14H2,1-3H3. The van der Waals surface area contributed by atoms with Crippen LogP contribution in [0.5, 0.6) is 0 Å². The SMILES string of the molecule is CC(C)CCN(C)CCn1cc(N)ccc1=O. The number of anilines is 1.